The fourth-order valence-corrected chi connectivity index (χ4v) is 2.17. The number of aromatic nitrogens is 1. The fourth-order valence-electron chi connectivity index (χ4n) is 2.05. The lowest BCUT2D eigenvalue weighted by Gasteiger charge is -2.06. The molecule has 2 rings (SSSR count). The molecule has 2 aromatic rings. The summed E-state index contributed by atoms with van der Waals surface area (Å²) >= 11 is 5.84. The van der Waals surface area contributed by atoms with Gasteiger partial charge in [-0.2, -0.15) is 0 Å². The maximum absolute atomic E-state index is 12.2. The van der Waals surface area contributed by atoms with E-state index in [0.717, 1.165) is 12.0 Å². The number of carbonyl (C=O) groups excluding carboxylic acids is 1. The topological polar surface area (TPSA) is 55.1 Å². The van der Waals surface area contributed by atoms with E-state index >= 15 is 0 Å². The van der Waals surface area contributed by atoms with Crippen molar-refractivity contribution in [2.75, 3.05) is 6.54 Å². The van der Waals surface area contributed by atoms with Crippen molar-refractivity contribution < 1.29 is 9.21 Å². The molecule has 0 atom stereocenters. The number of hydrogen-bond acceptors (Lipinski definition) is 3. The van der Waals surface area contributed by atoms with E-state index in [1.54, 1.807) is 6.92 Å². The third-order valence-corrected chi connectivity index (χ3v) is 3.38. The van der Waals surface area contributed by atoms with Crippen LogP contribution in [0.2, 0.25) is 5.02 Å². The summed E-state index contributed by atoms with van der Waals surface area (Å²) in [6, 6.07) is 7.59. The van der Waals surface area contributed by atoms with E-state index in [1.807, 2.05) is 38.1 Å². The summed E-state index contributed by atoms with van der Waals surface area (Å²) in [5.41, 5.74) is 1.83. The van der Waals surface area contributed by atoms with Gasteiger partial charge in [-0.25, -0.2) is 4.98 Å². The minimum absolute atomic E-state index is 0.152. The highest BCUT2D eigenvalue weighted by atomic mass is 35.5. The number of rotatable bonds is 5. The van der Waals surface area contributed by atoms with Crippen LogP contribution in [-0.4, -0.2) is 17.4 Å². The Bertz CT molecular complexity index is 618. The molecule has 1 N–H and O–H groups in total. The zero-order valence-electron chi connectivity index (χ0n) is 12.4. The summed E-state index contributed by atoms with van der Waals surface area (Å²) < 4.78 is 5.42. The van der Waals surface area contributed by atoms with Gasteiger partial charge in [-0.05, 0) is 30.0 Å². The van der Waals surface area contributed by atoms with Crippen molar-refractivity contribution in [2.45, 2.75) is 33.1 Å². The molecular formula is C16H19ClN2O2. The van der Waals surface area contributed by atoms with Crippen molar-refractivity contribution in [3.63, 3.8) is 0 Å². The second-order valence-corrected chi connectivity index (χ2v) is 5.67. The van der Waals surface area contributed by atoms with E-state index in [0.29, 0.717) is 28.9 Å². The molecule has 0 fully saturated rings. The summed E-state index contributed by atoms with van der Waals surface area (Å²) in [5, 5.41) is 3.57. The lowest BCUT2D eigenvalue weighted by molar-refractivity contribution is 0.0923. The number of hydrogen-bond donors (Lipinski definition) is 1. The molecule has 0 unspecified atom stereocenters. The third-order valence-electron chi connectivity index (χ3n) is 3.13. The SMILES string of the molecule is Cc1nc(C(C)C)c(C(=O)NCCc2ccc(Cl)cc2)o1. The van der Waals surface area contributed by atoms with Gasteiger partial charge in [-0.3, -0.25) is 4.79 Å². The zero-order valence-corrected chi connectivity index (χ0v) is 13.2. The monoisotopic (exact) mass is 306 g/mol. The summed E-state index contributed by atoms with van der Waals surface area (Å²) in [4.78, 5) is 16.4. The van der Waals surface area contributed by atoms with Gasteiger partial charge in [-0.1, -0.05) is 37.6 Å². The van der Waals surface area contributed by atoms with Crippen molar-refractivity contribution in [1.29, 1.82) is 0 Å². The predicted octanol–water partition coefficient (Wildman–Crippen LogP) is 3.73. The molecule has 0 saturated carbocycles. The van der Waals surface area contributed by atoms with Crippen LogP contribution in [0.3, 0.4) is 0 Å². The highest BCUT2D eigenvalue weighted by Gasteiger charge is 2.20. The largest absolute Gasteiger partial charge is 0.436 e. The molecule has 0 aliphatic heterocycles. The number of nitrogens with one attached hydrogen (secondary N) is 1. The van der Waals surface area contributed by atoms with E-state index < -0.39 is 0 Å². The van der Waals surface area contributed by atoms with E-state index in [2.05, 4.69) is 10.3 Å². The first kappa shape index (κ1) is 15.6. The number of oxazole rings is 1. The standard InChI is InChI=1S/C16H19ClN2O2/c1-10(2)14-15(21-11(3)19-14)16(20)18-9-8-12-4-6-13(17)7-5-12/h4-7,10H,8-9H2,1-3H3,(H,18,20). The molecule has 5 heteroatoms. The Labute approximate surface area is 129 Å². The summed E-state index contributed by atoms with van der Waals surface area (Å²) in [6.07, 6.45) is 0.743. The lowest BCUT2D eigenvalue weighted by Crippen LogP contribution is -2.26. The zero-order chi connectivity index (χ0) is 15.4. The van der Waals surface area contributed by atoms with Crippen LogP contribution < -0.4 is 5.32 Å². The number of nitrogens with zero attached hydrogens (tertiary/aromatic N) is 1. The molecule has 0 aliphatic rings. The first-order chi connectivity index (χ1) is 9.97. The minimum Gasteiger partial charge on any atom is -0.436 e. The molecule has 0 spiro atoms. The molecular weight excluding hydrogens is 288 g/mol. The van der Waals surface area contributed by atoms with Crippen LogP contribution in [0.4, 0.5) is 0 Å². The minimum atomic E-state index is -0.215. The Morgan fingerprint density at radius 3 is 2.62 bits per heavy atom. The van der Waals surface area contributed by atoms with Crippen molar-refractivity contribution in [1.82, 2.24) is 10.3 Å². The molecule has 0 radical (unpaired) electrons. The number of aryl methyl sites for hydroxylation is 1. The first-order valence-electron chi connectivity index (χ1n) is 6.97. The average Bonchev–Trinajstić information content (AvgIpc) is 2.83. The molecule has 0 bridgehead atoms. The molecule has 1 aromatic carbocycles. The van der Waals surface area contributed by atoms with Crippen LogP contribution in [0.1, 0.15) is 47.5 Å². The average molecular weight is 307 g/mol. The van der Waals surface area contributed by atoms with Gasteiger partial charge in [0.15, 0.2) is 5.89 Å². The second kappa shape index (κ2) is 6.76. The van der Waals surface area contributed by atoms with Crippen LogP contribution in [0.5, 0.6) is 0 Å². The van der Waals surface area contributed by atoms with Crippen molar-refractivity contribution in [3.8, 4) is 0 Å². The molecule has 4 nitrogen and oxygen atoms in total. The lowest BCUT2D eigenvalue weighted by atomic mass is 10.1. The van der Waals surface area contributed by atoms with Crippen LogP contribution in [0.15, 0.2) is 28.7 Å². The Hall–Kier alpha value is -1.81. The number of benzene rings is 1. The normalized spacial score (nSPS) is 10.9. The summed E-state index contributed by atoms with van der Waals surface area (Å²) in [5.74, 6) is 0.771. The van der Waals surface area contributed by atoms with E-state index in [9.17, 15) is 4.79 Å². The van der Waals surface area contributed by atoms with Gasteiger partial charge in [0, 0.05) is 18.5 Å². The molecule has 21 heavy (non-hydrogen) atoms. The maximum atomic E-state index is 12.2. The van der Waals surface area contributed by atoms with E-state index in [4.69, 9.17) is 16.0 Å². The van der Waals surface area contributed by atoms with Gasteiger partial charge < -0.3 is 9.73 Å². The van der Waals surface area contributed by atoms with Gasteiger partial charge >= 0.3 is 0 Å². The van der Waals surface area contributed by atoms with Gasteiger partial charge in [0.25, 0.3) is 5.91 Å². The van der Waals surface area contributed by atoms with Crippen LogP contribution >= 0.6 is 11.6 Å². The second-order valence-electron chi connectivity index (χ2n) is 5.23. The molecule has 0 aliphatic carbocycles. The summed E-state index contributed by atoms with van der Waals surface area (Å²) in [7, 11) is 0. The first-order valence-corrected chi connectivity index (χ1v) is 7.35. The highest BCUT2D eigenvalue weighted by Crippen LogP contribution is 2.19. The summed E-state index contributed by atoms with van der Waals surface area (Å²) in [6.45, 7) is 6.26. The number of amides is 1. The Morgan fingerprint density at radius 1 is 1.33 bits per heavy atom. The smallest absolute Gasteiger partial charge is 0.289 e. The molecule has 1 heterocycles. The van der Waals surface area contributed by atoms with Gasteiger partial charge in [0.2, 0.25) is 5.76 Å². The highest BCUT2D eigenvalue weighted by molar-refractivity contribution is 6.30. The molecule has 1 aromatic heterocycles. The number of halogens is 1. The Balaban J connectivity index is 1.94. The molecule has 0 saturated heterocycles. The Kier molecular flexibility index (Phi) is 5.02. The van der Waals surface area contributed by atoms with Crippen molar-refractivity contribution in [2.24, 2.45) is 0 Å². The third kappa shape index (κ3) is 4.08. The molecule has 112 valence electrons. The van der Waals surface area contributed by atoms with Crippen LogP contribution in [0, 0.1) is 6.92 Å². The predicted molar refractivity (Wildman–Crippen MR) is 82.8 cm³/mol. The van der Waals surface area contributed by atoms with E-state index in [-0.39, 0.29) is 11.8 Å². The maximum Gasteiger partial charge on any atom is 0.289 e. The van der Waals surface area contributed by atoms with E-state index in [1.165, 1.54) is 0 Å². The Morgan fingerprint density at radius 2 is 2.00 bits per heavy atom. The fraction of sp³-hybridized carbons (Fsp3) is 0.375. The van der Waals surface area contributed by atoms with Crippen LogP contribution in [-0.2, 0) is 6.42 Å². The van der Waals surface area contributed by atoms with Gasteiger partial charge in [0.05, 0.1) is 5.69 Å². The van der Waals surface area contributed by atoms with Gasteiger partial charge in [-0.15, -0.1) is 0 Å². The van der Waals surface area contributed by atoms with Gasteiger partial charge in [0.1, 0.15) is 0 Å². The van der Waals surface area contributed by atoms with Crippen molar-refractivity contribution in [3.05, 3.63) is 52.2 Å². The molecule has 1 amide bonds. The number of carbonyl (C=O) groups is 1. The van der Waals surface area contributed by atoms with Crippen LogP contribution in [0.25, 0.3) is 0 Å². The van der Waals surface area contributed by atoms with Crippen molar-refractivity contribution >= 4 is 17.5 Å². The quantitative estimate of drug-likeness (QED) is 0.915.